The first-order valence-corrected chi connectivity index (χ1v) is 9.45. The summed E-state index contributed by atoms with van der Waals surface area (Å²) in [5.41, 5.74) is 0.386. The smallest absolute Gasteiger partial charge is 0.340 e. The summed E-state index contributed by atoms with van der Waals surface area (Å²) < 4.78 is 68.1. The predicted octanol–water partition coefficient (Wildman–Crippen LogP) is 4.36. The van der Waals surface area contributed by atoms with E-state index in [1.54, 1.807) is 0 Å². The van der Waals surface area contributed by atoms with Gasteiger partial charge in [0.1, 0.15) is 17.3 Å². The number of hydrogen-bond donors (Lipinski definition) is 1. The number of ether oxygens (including phenoxy) is 1. The highest BCUT2D eigenvalue weighted by Crippen LogP contribution is 2.29. The Bertz CT molecular complexity index is 843. The lowest BCUT2D eigenvalue weighted by Gasteiger charge is -2.14. The maximum Gasteiger partial charge on any atom is 0.340 e. The van der Waals surface area contributed by atoms with Gasteiger partial charge in [0, 0.05) is 17.5 Å². The molecule has 0 heterocycles. The van der Waals surface area contributed by atoms with Crippen LogP contribution in [0.5, 0.6) is 5.75 Å². The molecule has 142 valence electrons. The highest BCUT2D eigenvalue weighted by Gasteiger charge is 2.30. The Kier molecular flexibility index (Phi) is 6.54. The van der Waals surface area contributed by atoms with E-state index in [0.29, 0.717) is 5.57 Å². The molecule has 0 bridgehead atoms. The molecule has 0 saturated heterocycles. The summed E-state index contributed by atoms with van der Waals surface area (Å²) in [4.78, 5) is -0.618. The fourth-order valence-corrected chi connectivity index (χ4v) is 3.42. The van der Waals surface area contributed by atoms with Crippen molar-refractivity contribution in [2.45, 2.75) is 31.1 Å². The summed E-state index contributed by atoms with van der Waals surface area (Å²) in [6, 6.07) is 3.47. The Hall–Kier alpha value is -1.77. The van der Waals surface area contributed by atoms with Crippen molar-refractivity contribution in [3.05, 3.63) is 64.0 Å². The van der Waals surface area contributed by atoms with E-state index in [4.69, 9.17) is 16.3 Å². The third kappa shape index (κ3) is 5.12. The van der Waals surface area contributed by atoms with Gasteiger partial charge in [-0.1, -0.05) is 18.2 Å². The van der Waals surface area contributed by atoms with Crippen LogP contribution < -0.4 is 4.74 Å². The number of benzene rings is 1. The zero-order valence-corrected chi connectivity index (χ0v) is 15.0. The van der Waals surface area contributed by atoms with Crippen LogP contribution in [-0.4, -0.2) is 25.4 Å². The van der Waals surface area contributed by atoms with Gasteiger partial charge in [-0.25, -0.2) is 12.8 Å². The third-order valence-electron chi connectivity index (χ3n) is 3.65. The van der Waals surface area contributed by atoms with Crippen LogP contribution in [0, 0.1) is 5.82 Å². The molecule has 1 N–H and O–H groups in total. The first kappa shape index (κ1) is 20.5. The van der Waals surface area contributed by atoms with E-state index in [9.17, 15) is 26.7 Å². The van der Waals surface area contributed by atoms with Crippen LogP contribution in [0.1, 0.15) is 19.3 Å². The van der Waals surface area contributed by atoms with Crippen molar-refractivity contribution >= 4 is 21.4 Å². The van der Waals surface area contributed by atoms with Crippen LogP contribution in [0.3, 0.4) is 0 Å². The second kappa shape index (κ2) is 8.28. The zero-order chi connectivity index (χ0) is 19.5. The van der Waals surface area contributed by atoms with E-state index < -0.39 is 38.8 Å². The molecular weight excluding hydrogens is 393 g/mol. The van der Waals surface area contributed by atoms with Gasteiger partial charge < -0.3 is 9.84 Å². The number of sulfone groups is 1. The van der Waals surface area contributed by atoms with Crippen LogP contribution in [0.4, 0.5) is 13.2 Å². The van der Waals surface area contributed by atoms with Crippen molar-refractivity contribution in [2.75, 3.05) is 0 Å². The van der Waals surface area contributed by atoms with Crippen LogP contribution in [0.15, 0.2) is 53.2 Å². The monoisotopic (exact) mass is 408 g/mol. The van der Waals surface area contributed by atoms with E-state index in [-0.39, 0.29) is 29.4 Å². The molecule has 1 atom stereocenters. The topological polar surface area (TPSA) is 63.6 Å². The lowest BCUT2D eigenvalue weighted by molar-refractivity contribution is 0.166. The van der Waals surface area contributed by atoms with Crippen molar-refractivity contribution in [2.24, 2.45) is 0 Å². The summed E-state index contributed by atoms with van der Waals surface area (Å²) in [6.45, 7) is 3.78. The molecular formula is C17H16ClF3O4S. The Labute approximate surface area is 154 Å². The molecule has 1 aliphatic rings. The molecule has 1 unspecified atom stereocenters. The molecule has 0 aromatic heterocycles. The Morgan fingerprint density at radius 2 is 1.96 bits per heavy atom. The molecule has 1 aromatic carbocycles. The second-order valence-electron chi connectivity index (χ2n) is 5.68. The van der Waals surface area contributed by atoms with Crippen LogP contribution in [-0.2, 0) is 9.84 Å². The van der Waals surface area contributed by atoms with E-state index in [1.807, 2.05) is 0 Å². The molecule has 1 aromatic rings. The Balaban J connectivity index is 2.43. The van der Waals surface area contributed by atoms with Gasteiger partial charge in [-0.15, -0.1) is 0 Å². The predicted molar refractivity (Wildman–Crippen MR) is 92.1 cm³/mol. The van der Waals surface area contributed by atoms with E-state index in [2.05, 4.69) is 6.58 Å². The lowest BCUT2D eigenvalue weighted by atomic mass is 10.1. The average molecular weight is 409 g/mol. The number of hydrogen-bond acceptors (Lipinski definition) is 4. The van der Waals surface area contributed by atoms with Crippen LogP contribution in [0.25, 0.3) is 0 Å². The number of halogens is 4. The largest absolute Gasteiger partial charge is 0.457 e. The highest BCUT2D eigenvalue weighted by atomic mass is 35.5. The molecule has 0 aliphatic heterocycles. The maximum atomic E-state index is 13.4. The Morgan fingerprint density at radius 1 is 1.27 bits per heavy atom. The molecule has 0 amide bonds. The number of aliphatic hydroxyl groups excluding tert-OH is 1. The summed E-state index contributed by atoms with van der Waals surface area (Å²) in [6.07, 6.45) is 0.843. The molecule has 4 nitrogen and oxygen atoms in total. The quantitative estimate of drug-likeness (QED) is 0.803. The van der Waals surface area contributed by atoms with E-state index in [0.717, 1.165) is 24.3 Å². The minimum Gasteiger partial charge on any atom is -0.457 e. The molecule has 0 saturated carbocycles. The van der Waals surface area contributed by atoms with Gasteiger partial charge >= 0.3 is 5.76 Å². The van der Waals surface area contributed by atoms with Crippen molar-refractivity contribution in [1.82, 2.24) is 0 Å². The first-order chi connectivity index (χ1) is 12.1. The molecule has 9 heteroatoms. The summed E-state index contributed by atoms with van der Waals surface area (Å²) >= 11 is 5.76. The molecule has 0 spiro atoms. The van der Waals surface area contributed by atoms with Crippen molar-refractivity contribution in [3.63, 3.8) is 0 Å². The van der Waals surface area contributed by atoms with Gasteiger partial charge in [-0.3, -0.25) is 0 Å². The lowest BCUT2D eigenvalue weighted by Crippen LogP contribution is -2.18. The van der Waals surface area contributed by atoms with Gasteiger partial charge in [0.05, 0.1) is 11.0 Å². The van der Waals surface area contributed by atoms with E-state index in [1.165, 1.54) is 6.07 Å². The van der Waals surface area contributed by atoms with Gasteiger partial charge in [0.2, 0.25) is 9.84 Å². The standard InChI is InChI=1S/C17H16ClF3O4S/c1-10-2-3-13(22)9-15(26(23,24)17(20)21)4-5-16(10)25-14-7-11(18)6-12(19)8-14/h4-8,13,17,22H,1-3,9H2/b15-4+,16-5+. The fourth-order valence-electron chi connectivity index (χ4n) is 2.30. The second-order valence-corrected chi connectivity index (χ2v) is 8.08. The van der Waals surface area contributed by atoms with Crippen LogP contribution in [0.2, 0.25) is 5.02 Å². The fraction of sp³-hybridized carbons (Fsp3) is 0.294. The summed E-state index contributed by atoms with van der Waals surface area (Å²) in [5, 5.41) is 9.98. The maximum absolute atomic E-state index is 13.4. The van der Waals surface area contributed by atoms with Crippen molar-refractivity contribution < 1.29 is 31.4 Å². The van der Waals surface area contributed by atoms with Gasteiger partial charge in [0.15, 0.2) is 0 Å². The van der Waals surface area contributed by atoms with Gasteiger partial charge in [-0.05, 0) is 42.7 Å². The van der Waals surface area contributed by atoms with Gasteiger partial charge in [0.25, 0.3) is 0 Å². The van der Waals surface area contributed by atoms with Crippen molar-refractivity contribution in [3.8, 4) is 5.75 Å². The molecule has 0 fully saturated rings. The van der Waals surface area contributed by atoms with Crippen molar-refractivity contribution in [1.29, 1.82) is 0 Å². The minimum absolute atomic E-state index is 0.0360. The van der Waals surface area contributed by atoms with Crippen LogP contribution >= 0.6 is 11.6 Å². The molecule has 1 aliphatic carbocycles. The first-order valence-electron chi connectivity index (χ1n) is 7.52. The third-order valence-corrected chi connectivity index (χ3v) is 5.37. The SMILES string of the molecule is C=C1CCC(O)C/C(S(=O)(=O)C(F)F)=C\C=C/1Oc1cc(F)cc(Cl)c1. The highest BCUT2D eigenvalue weighted by molar-refractivity contribution is 7.95. The molecule has 0 radical (unpaired) electrons. The Morgan fingerprint density at radius 3 is 2.58 bits per heavy atom. The number of allylic oxidation sites excluding steroid dienone is 3. The number of aliphatic hydroxyl groups is 1. The molecule has 2 rings (SSSR count). The zero-order valence-electron chi connectivity index (χ0n) is 13.5. The molecule has 26 heavy (non-hydrogen) atoms. The number of alkyl halides is 2. The minimum atomic E-state index is -4.86. The summed E-state index contributed by atoms with van der Waals surface area (Å²) in [5.74, 6) is -4.16. The number of rotatable bonds is 4. The van der Waals surface area contributed by atoms with Gasteiger partial charge in [-0.2, -0.15) is 8.78 Å². The van der Waals surface area contributed by atoms with E-state index >= 15 is 0 Å². The average Bonchev–Trinajstić information content (AvgIpc) is 2.59. The normalized spacial score (nSPS) is 23.3. The summed E-state index contributed by atoms with van der Waals surface area (Å²) in [7, 11) is -4.86.